The summed E-state index contributed by atoms with van der Waals surface area (Å²) in [5.74, 6) is -4.62. The fourth-order valence-electron chi connectivity index (χ4n) is 6.11. The summed E-state index contributed by atoms with van der Waals surface area (Å²) in [6, 6.07) is 11.0. The summed E-state index contributed by atoms with van der Waals surface area (Å²) >= 11 is 0. The molecule has 3 aliphatic heterocycles. The average molecular weight is 559 g/mol. The molecule has 0 radical (unpaired) electrons. The van der Waals surface area contributed by atoms with Crippen molar-refractivity contribution in [3.63, 3.8) is 0 Å². The van der Waals surface area contributed by atoms with Gasteiger partial charge in [0.15, 0.2) is 12.2 Å². The van der Waals surface area contributed by atoms with Crippen LogP contribution in [0, 0.1) is 11.8 Å². The zero-order valence-corrected chi connectivity index (χ0v) is 21.1. The molecule has 2 aromatic rings. The molecular formula is C29H25F3O8. The van der Waals surface area contributed by atoms with E-state index in [0.717, 1.165) is 31.0 Å². The minimum atomic E-state index is -4.73. The number of carbonyl (C=O) groups is 3. The van der Waals surface area contributed by atoms with Crippen molar-refractivity contribution in [2.75, 3.05) is 0 Å². The second-order valence-electron chi connectivity index (χ2n) is 10.4. The van der Waals surface area contributed by atoms with Gasteiger partial charge in [-0.15, -0.1) is 0 Å². The predicted octanol–water partition coefficient (Wildman–Crippen LogP) is 4.65. The third kappa shape index (κ3) is 4.42. The van der Waals surface area contributed by atoms with Gasteiger partial charge in [-0.05, 0) is 62.1 Å². The van der Waals surface area contributed by atoms with Crippen LogP contribution in [-0.2, 0) is 30.0 Å². The van der Waals surface area contributed by atoms with E-state index in [-0.39, 0.29) is 11.3 Å². The third-order valence-electron chi connectivity index (χ3n) is 8.04. The second kappa shape index (κ2) is 9.65. The molecular weight excluding hydrogens is 533 g/mol. The minimum Gasteiger partial charge on any atom is -0.483 e. The van der Waals surface area contributed by atoms with Crippen LogP contribution in [0.15, 0.2) is 61.2 Å². The summed E-state index contributed by atoms with van der Waals surface area (Å²) in [4.78, 5) is 38.8. The summed E-state index contributed by atoms with van der Waals surface area (Å²) in [6.07, 6.45) is -4.63. The molecule has 6 rings (SSSR count). The van der Waals surface area contributed by atoms with Gasteiger partial charge in [0.05, 0.1) is 11.1 Å². The Balaban J connectivity index is 1.25. The molecule has 210 valence electrons. The maximum atomic E-state index is 13.8. The lowest BCUT2D eigenvalue weighted by atomic mass is 9.78. The van der Waals surface area contributed by atoms with Gasteiger partial charge >= 0.3 is 24.1 Å². The van der Waals surface area contributed by atoms with Crippen molar-refractivity contribution in [2.45, 2.75) is 61.9 Å². The van der Waals surface area contributed by atoms with Crippen LogP contribution in [0.4, 0.5) is 13.2 Å². The van der Waals surface area contributed by atoms with E-state index in [0.29, 0.717) is 12.8 Å². The predicted molar refractivity (Wildman–Crippen MR) is 130 cm³/mol. The monoisotopic (exact) mass is 558 g/mol. The molecule has 0 aromatic heterocycles. The van der Waals surface area contributed by atoms with Crippen molar-refractivity contribution in [3.8, 4) is 11.5 Å². The van der Waals surface area contributed by atoms with Gasteiger partial charge in [-0.1, -0.05) is 24.8 Å². The Morgan fingerprint density at radius 1 is 1.02 bits per heavy atom. The molecule has 2 aromatic carbocycles. The smallest absolute Gasteiger partial charge is 0.419 e. The number of alkyl halides is 3. The van der Waals surface area contributed by atoms with Crippen molar-refractivity contribution in [1.29, 1.82) is 0 Å². The number of rotatable bonds is 7. The van der Waals surface area contributed by atoms with Crippen LogP contribution in [0.3, 0.4) is 0 Å². The van der Waals surface area contributed by atoms with Crippen molar-refractivity contribution in [2.24, 2.45) is 11.8 Å². The molecule has 0 spiro atoms. The highest BCUT2D eigenvalue weighted by molar-refractivity contribution is 5.91. The van der Waals surface area contributed by atoms with E-state index >= 15 is 0 Å². The average Bonchev–Trinajstić information content (AvgIpc) is 3.67. The summed E-state index contributed by atoms with van der Waals surface area (Å²) in [5.41, 5.74) is -2.20. The minimum absolute atomic E-state index is 0.202. The fourth-order valence-corrected chi connectivity index (χ4v) is 6.11. The van der Waals surface area contributed by atoms with Crippen molar-refractivity contribution in [3.05, 3.63) is 72.3 Å². The molecule has 1 saturated carbocycles. The summed E-state index contributed by atoms with van der Waals surface area (Å²) in [6.45, 7) is 3.74. The second-order valence-corrected chi connectivity index (χ2v) is 10.4. The van der Waals surface area contributed by atoms with Crippen LogP contribution < -0.4 is 9.47 Å². The van der Waals surface area contributed by atoms with Gasteiger partial charge in [-0.25, -0.2) is 4.79 Å². The fraction of sp³-hybridized carbons (Fsp3) is 0.414. The first kappa shape index (κ1) is 26.4. The zero-order valence-electron chi connectivity index (χ0n) is 21.1. The maximum absolute atomic E-state index is 13.8. The molecule has 40 heavy (non-hydrogen) atoms. The van der Waals surface area contributed by atoms with Crippen LogP contribution in [-0.4, -0.2) is 47.9 Å². The molecule has 8 nitrogen and oxygen atoms in total. The van der Waals surface area contributed by atoms with Crippen LogP contribution >= 0.6 is 0 Å². The van der Waals surface area contributed by atoms with Crippen LogP contribution in [0.2, 0.25) is 0 Å². The number of esters is 3. The highest BCUT2D eigenvalue weighted by Gasteiger charge is 2.72. The largest absolute Gasteiger partial charge is 0.483 e. The number of hydrogen-bond donors (Lipinski definition) is 0. The van der Waals surface area contributed by atoms with Crippen LogP contribution in [0.1, 0.15) is 41.6 Å². The topological polar surface area (TPSA) is 97.4 Å². The first-order chi connectivity index (χ1) is 19.1. The zero-order chi connectivity index (χ0) is 28.2. The molecule has 6 atom stereocenters. The SMILES string of the molecule is C=CC1(Oc2cc(C(=O)OC3C4OC(=O)C5C4OC3C5C(=O)Oc3ccccc3)ccc2C(F)(F)F)CCCC1. The summed E-state index contributed by atoms with van der Waals surface area (Å²) < 4.78 is 69.5. The lowest BCUT2D eigenvalue weighted by molar-refractivity contribution is -0.149. The van der Waals surface area contributed by atoms with E-state index in [4.69, 9.17) is 23.7 Å². The number of halogens is 3. The van der Waals surface area contributed by atoms with Gasteiger partial charge in [-0.3, -0.25) is 9.59 Å². The van der Waals surface area contributed by atoms with E-state index in [1.807, 2.05) is 0 Å². The number of fused-ring (bicyclic) bond motifs is 1. The van der Waals surface area contributed by atoms with Crippen molar-refractivity contribution < 1.29 is 51.2 Å². The number of benzene rings is 2. The van der Waals surface area contributed by atoms with Gasteiger partial charge in [0.1, 0.15) is 41.1 Å². The number of hydrogen-bond acceptors (Lipinski definition) is 8. The van der Waals surface area contributed by atoms with E-state index in [1.54, 1.807) is 30.3 Å². The molecule has 3 heterocycles. The van der Waals surface area contributed by atoms with E-state index in [1.165, 1.54) is 6.08 Å². The Labute approximate surface area is 227 Å². The Bertz CT molecular complexity index is 1350. The number of carbonyl (C=O) groups excluding carboxylic acids is 3. The van der Waals surface area contributed by atoms with Crippen molar-refractivity contribution >= 4 is 17.9 Å². The van der Waals surface area contributed by atoms with Gasteiger partial charge < -0.3 is 23.7 Å². The molecule has 3 saturated heterocycles. The lowest BCUT2D eigenvalue weighted by Gasteiger charge is -2.29. The molecule has 0 N–H and O–H groups in total. The molecule has 6 unspecified atom stereocenters. The summed E-state index contributed by atoms with van der Waals surface area (Å²) in [5, 5.41) is 0. The van der Waals surface area contributed by atoms with Crippen LogP contribution in [0.5, 0.6) is 11.5 Å². The quantitative estimate of drug-likeness (QED) is 0.275. The number of para-hydroxylation sites is 1. The maximum Gasteiger partial charge on any atom is 0.419 e. The number of ether oxygens (including phenoxy) is 5. The molecule has 1 aliphatic carbocycles. The molecule has 11 heteroatoms. The highest BCUT2D eigenvalue weighted by atomic mass is 19.4. The van der Waals surface area contributed by atoms with E-state index < -0.39 is 77.2 Å². The molecule has 2 bridgehead atoms. The first-order valence-electron chi connectivity index (χ1n) is 13.0. The Morgan fingerprint density at radius 3 is 2.42 bits per heavy atom. The normalized spacial score (nSPS) is 29.6. The molecule has 4 fully saturated rings. The molecule has 4 aliphatic rings. The van der Waals surface area contributed by atoms with E-state index in [2.05, 4.69) is 6.58 Å². The van der Waals surface area contributed by atoms with Gasteiger partial charge in [0, 0.05) is 0 Å². The molecule has 0 amide bonds. The van der Waals surface area contributed by atoms with Gasteiger partial charge in [-0.2, -0.15) is 13.2 Å². The Morgan fingerprint density at radius 2 is 1.75 bits per heavy atom. The third-order valence-corrected chi connectivity index (χ3v) is 8.04. The Kier molecular flexibility index (Phi) is 6.36. The summed E-state index contributed by atoms with van der Waals surface area (Å²) in [7, 11) is 0. The highest BCUT2D eigenvalue weighted by Crippen LogP contribution is 2.52. The first-order valence-corrected chi connectivity index (χ1v) is 13.0. The standard InChI is InChI=1S/C29H25F3O8/c1-2-28(12-6-7-13-28)40-18-14-15(10-11-17(18)29(30,31)32)25(33)38-23-21-19(20-22(37-21)24(23)39-27(20)35)26(34)36-16-8-4-3-5-9-16/h2-5,8-11,14,19-24H,1,6-7,12-13H2. The Hall–Kier alpha value is -3.86. The van der Waals surface area contributed by atoms with E-state index in [9.17, 15) is 27.6 Å². The van der Waals surface area contributed by atoms with Crippen LogP contribution in [0.25, 0.3) is 0 Å². The van der Waals surface area contributed by atoms with Gasteiger partial charge in [0.25, 0.3) is 0 Å². The van der Waals surface area contributed by atoms with Crippen molar-refractivity contribution in [1.82, 2.24) is 0 Å². The lowest BCUT2D eigenvalue weighted by Crippen LogP contribution is -2.48. The van der Waals surface area contributed by atoms with Gasteiger partial charge in [0.2, 0.25) is 0 Å².